The van der Waals surface area contributed by atoms with Crippen LogP contribution < -0.4 is 0 Å². The van der Waals surface area contributed by atoms with Crippen LogP contribution in [0.2, 0.25) is 0 Å². The van der Waals surface area contributed by atoms with Gasteiger partial charge in [-0.3, -0.25) is 4.79 Å². The van der Waals surface area contributed by atoms with Gasteiger partial charge in [0, 0.05) is 23.2 Å². The third kappa shape index (κ3) is 2.73. The molecular weight excluding hydrogens is 219 g/mol. The molecule has 0 aliphatic heterocycles. The molecule has 14 heavy (non-hydrogen) atoms. The Morgan fingerprint density at radius 2 is 1.71 bits per heavy atom. The van der Waals surface area contributed by atoms with E-state index in [1.165, 1.54) is 0 Å². The predicted octanol–water partition coefficient (Wildman–Crippen LogP) is 3.27. The number of halogens is 2. The molecule has 0 unspecified atom stereocenters. The predicted molar refractivity (Wildman–Crippen MR) is 60.4 cm³/mol. The van der Waals surface area contributed by atoms with Crippen molar-refractivity contribution in [2.75, 3.05) is 11.8 Å². The molecule has 1 nitrogen and oxygen atoms in total. The van der Waals surface area contributed by atoms with Crippen molar-refractivity contribution in [2.24, 2.45) is 5.92 Å². The lowest BCUT2D eigenvalue weighted by Crippen LogP contribution is -2.17. The van der Waals surface area contributed by atoms with Gasteiger partial charge in [0.05, 0.1) is 0 Å². The lowest BCUT2D eigenvalue weighted by atomic mass is 10.00. The van der Waals surface area contributed by atoms with Crippen molar-refractivity contribution < 1.29 is 4.79 Å². The molecule has 0 radical (unpaired) electrons. The summed E-state index contributed by atoms with van der Waals surface area (Å²) >= 11 is 11.3. The quantitative estimate of drug-likeness (QED) is 0.574. The first-order valence-electron chi connectivity index (χ1n) is 4.42. The molecule has 1 aromatic rings. The Hall–Kier alpha value is -0.530. The van der Waals surface area contributed by atoms with E-state index in [-0.39, 0.29) is 23.5 Å². The van der Waals surface area contributed by atoms with Crippen LogP contribution in [-0.4, -0.2) is 17.5 Å². The zero-order valence-electron chi connectivity index (χ0n) is 7.97. The van der Waals surface area contributed by atoms with Gasteiger partial charge in [-0.25, -0.2) is 0 Å². The summed E-state index contributed by atoms with van der Waals surface area (Å²) in [5.41, 5.74) is 1.82. The van der Waals surface area contributed by atoms with Gasteiger partial charge in [0.1, 0.15) is 0 Å². The van der Waals surface area contributed by atoms with Gasteiger partial charge in [0.25, 0.3) is 0 Å². The van der Waals surface area contributed by atoms with Gasteiger partial charge in [-0.1, -0.05) is 29.8 Å². The fourth-order valence-electron chi connectivity index (χ4n) is 1.13. The molecule has 1 aromatic carbocycles. The number of hydrogen-bond acceptors (Lipinski definition) is 1. The highest BCUT2D eigenvalue weighted by atomic mass is 35.5. The largest absolute Gasteiger partial charge is 0.294 e. The minimum Gasteiger partial charge on any atom is -0.294 e. The van der Waals surface area contributed by atoms with E-state index in [2.05, 4.69) is 0 Å². The van der Waals surface area contributed by atoms with Crippen LogP contribution in [0.4, 0.5) is 0 Å². The van der Waals surface area contributed by atoms with E-state index in [1.54, 1.807) is 0 Å². The molecule has 0 amide bonds. The lowest BCUT2D eigenvalue weighted by molar-refractivity contribution is 0.0943. The Kier molecular flexibility index (Phi) is 4.43. The Morgan fingerprint density at radius 1 is 1.21 bits per heavy atom. The molecule has 0 aliphatic rings. The van der Waals surface area contributed by atoms with Crippen LogP contribution in [0.5, 0.6) is 0 Å². The number of aryl methyl sites for hydroxylation is 1. The van der Waals surface area contributed by atoms with Gasteiger partial charge < -0.3 is 0 Å². The third-order valence-corrected chi connectivity index (χ3v) is 2.82. The first-order chi connectivity index (χ1) is 6.69. The van der Waals surface area contributed by atoms with E-state index in [0.717, 1.165) is 5.56 Å². The van der Waals surface area contributed by atoms with E-state index in [4.69, 9.17) is 23.2 Å². The summed E-state index contributed by atoms with van der Waals surface area (Å²) in [6.07, 6.45) is 0. The highest BCUT2D eigenvalue weighted by molar-refractivity contribution is 6.24. The van der Waals surface area contributed by atoms with Crippen molar-refractivity contribution >= 4 is 29.0 Å². The molecule has 1 rings (SSSR count). The van der Waals surface area contributed by atoms with Crippen molar-refractivity contribution in [3.63, 3.8) is 0 Å². The van der Waals surface area contributed by atoms with Gasteiger partial charge in [-0.05, 0) is 6.92 Å². The summed E-state index contributed by atoms with van der Waals surface area (Å²) in [7, 11) is 0. The van der Waals surface area contributed by atoms with Crippen molar-refractivity contribution in [1.29, 1.82) is 0 Å². The van der Waals surface area contributed by atoms with Crippen molar-refractivity contribution in [2.45, 2.75) is 6.92 Å². The van der Waals surface area contributed by atoms with Gasteiger partial charge in [0.15, 0.2) is 5.78 Å². The average molecular weight is 231 g/mol. The normalized spacial score (nSPS) is 10.6. The molecule has 0 N–H and O–H groups in total. The number of alkyl halides is 2. The van der Waals surface area contributed by atoms with E-state index in [1.807, 2.05) is 31.2 Å². The SMILES string of the molecule is Cc1ccc(C(=O)C(CCl)CCl)cc1. The smallest absolute Gasteiger partial charge is 0.168 e. The number of benzene rings is 1. The molecule has 76 valence electrons. The van der Waals surface area contributed by atoms with Gasteiger partial charge in [0.2, 0.25) is 0 Å². The molecule has 0 saturated heterocycles. The number of carbonyl (C=O) groups excluding carboxylic acids is 1. The monoisotopic (exact) mass is 230 g/mol. The van der Waals surface area contributed by atoms with Crippen LogP contribution in [0.25, 0.3) is 0 Å². The number of rotatable bonds is 4. The molecule has 0 spiro atoms. The maximum absolute atomic E-state index is 11.7. The molecule has 0 bridgehead atoms. The summed E-state index contributed by atoms with van der Waals surface area (Å²) in [5, 5.41) is 0. The lowest BCUT2D eigenvalue weighted by Gasteiger charge is -2.08. The summed E-state index contributed by atoms with van der Waals surface area (Å²) in [6.45, 7) is 1.98. The third-order valence-electron chi connectivity index (χ3n) is 2.08. The minimum absolute atomic E-state index is 0.0231. The van der Waals surface area contributed by atoms with Crippen molar-refractivity contribution in [3.8, 4) is 0 Å². The Bertz CT molecular complexity index is 302. The van der Waals surface area contributed by atoms with Crippen molar-refractivity contribution in [1.82, 2.24) is 0 Å². The molecule has 0 aliphatic carbocycles. The van der Waals surface area contributed by atoms with Crippen LogP contribution in [0.3, 0.4) is 0 Å². The second-order valence-electron chi connectivity index (χ2n) is 3.24. The maximum atomic E-state index is 11.7. The fourth-order valence-corrected chi connectivity index (χ4v) is 1.75. The first kappa shape index (κ1) is 11.5. The number of carbonyl (C=O) groups is 1. The van der Waals surface area contributed by atoms with Gasteiger partial charge in [-0.15, -0.1) is 23.2 Å². The van der Waals surface area contributed by atoms with Crippen LogP contribution in [0.15, 0.2) is 24.3 Å². The van der Waals surface area contributed by atoms with Gasteiger partial charge >= 0.3 is 0 Å². The summed E-state index contributed by atoms with van der Waals surface area (Å²) in [4.78, 5) is 11.7. The number of hydrogen-bond donors (Lipinski definition) is 0. The average Bonchev–Trinajstić information content (AvgIpc) is 2.20. The summed E-state index contributed by atoms with van der Waals surface area (Å²) in [5.74, 6) is 0.294. The number of Topliss-reactive ketones (excluding diaryl/α,β-unsaturated/α-hetero) is 1. The molecular formula is C11H12Cl2O. The molecule has 0 fully saturated rings. The summed E-state index contributed by atoms with van der Waals surface area (Å²) in [6, 6.07) is 7.44. The van der Waals surface area contributed by atoms with Crippen LogP contribution in [0.1, 0.15) is 15.9 Å². The Labute approximate surface area is 94.0 Å². The number of ketones is 1. The fraction of sp³-hybridized carbons (Fsp3) is 0.364. The topological polar surface area (TPSA) is 17.1 Å². The van der Waals surface area contributed by atoms with Crippen LogP contribution >= 0.6 is 23.2 Å². The minimum atomic E-state index is -0.277. The molecule has 0 aromatic heterocycles. The van der Waals surface area contributed by atoms with E-state index >= 15 is 0 Å². The van der Waals surface area contributed by atoms with E-state index in [0.29, 0.717) is 5.56 Å². The highest BCUT2D eigenvalue weighted by Crippen LogP contribution is 2.13. The van der Waals surface area contributed by atoms with E-state index < -0.39 is 0 Å². The zero-order chi connectivity index (χ0) is 10.6. The summed E-state index contributed by atoms with van der Waals surface area (Å²) < 4.78 is 0. The standard InChI is InChI=1S/C11H12Cl2O/c1-8-2-4-9(5-3-8)11(14)10(6-12)7-13/h2-5,10H,6-7H2,1H3. The molecule has 0 heterocycles. The Balaban J connectivity index is 2.83. The molecule has 3 heteroatoms. The van der Waals surface area contributed by atoms with E-state index in [9.17, 15) is 4.79 Å². The maximum Gasteiger partial charge on any atom is 0.168 e. The second-order valence-corrected chi connectivity index (χ2v) is 3.85. The molecule has 0 atom stereocenters. The van der Waals surface area contributed by atoms with Crippen LogP contribution in [-0.2, 0) is 0 Å². The second kappa shape index (κ2) is 5.38. The Morgan fingerprint density at radius 3 is 2.14 bits per heavy atom. The van der Waals surface area contributed by atoms with Crippen LogP contribution in [0, 0.1) is 12.8 Å². The van der Waals surface area contributed by atoms with Crippen molar-refractivity contribution in [3.05, 3.63) is 35.4 Å². The first-order valence-corrected chi connectivity index (χ1v) is 5.48. The highest BCUT2D eigenvalue weighted by Gasteiger charge is 2.17. The zero-order valence-corrected chi connectivity index (χ0v) is 9.48. The molecule has 0 saturated carbocycles. The van der Waals surface area contributed by atoms with Gasteiger partial charge in [-0.2, -0.15) is 0 Å².